The SMILES string of the molecule is Cl.Cl.Cl.NCc1ccc(F)c(C2CCN(C(=O)c3cn(CCN4CCCCC4)c4cccnc34)CC2)c1. The molecule has 5 rings (SSSR count). The molecule has 3 aromatic rings. The van der Waals surface area contributed by atoms with E-state index in [1.807, 2.05) is 23.2 Å². The lowest BCUT2D eigenvalue weighted by molar-refractivity contribution is 0.0714. The van der Waals surface area contributed by atoms with Crippen molar-refractivity contribution < 1.29 is 9.18 Å². The van der Waals surface area contributed by atoms with Gasteiger partial charge in [0.25, 0.3) is 5.91 Å². The van der Waals surface area contributed by atoms with E-state index in [-0.39, 0.29) is 54.9 Å². The monoisotopic (exact) mass is 571 g/mol. The molecule has 2 aliphatic heterocycles. The number of hydrogen-bond acceptors (Lipinski definition) is 4. The molecule has 0 atom stereocenters. The average Bonchev–Trinajstić information content (AvgIpc) is 3.27. The maximum atomic E-state index is 14.5. The van der Waals surface area contributed by atoms with Gasteiger partial charge in [0.05, 0.1) is 11.1 Å². The molecule has 204 valence electrons. The van der Waals surface area contributed by atoms with Crippen LogP contribution in [-0.2, 0) is 13.1 Å². The summed E-state index contributed by atoms with van der Waals surface area (Å²) in [6.45, 7) is 5.80. The van der Waals surface area contributed by atoms with Gasteiger partial charge in [-0.1, -0.05) is 18.6 Å². The minimum Gasteiger partial charge on any atom is -0.344 e. The van der Waals surface area contributed by atoms with Gasteiger partial charge in [-0.25, -0.2) is 4.39 Å². The Hall–Kier alpha value is -1.90. The fourth-order valence-electron chi connectivity index (χ4n) is 5.49. The van der Waals surface area contributed by atoms with Gasteiger partial charge in [0, 0.05) is 45.1 Å². The lowest BCUT2D eigenvalue weighted by Gasteiger charge is -2.32. The van der Waals surface area contributed by atoms with Crippen molar-refractivity contribution in [3.8, 4) is 0 Å². The fraction of sp³-hybridized carbons (Fsp3) is 0.481. The number of carbonyl (C=O) groups is 1. The average molecular weight is 573 g/mol. The van der Waals surface area contributed by atoms with Crippen molar-refractivity contribution in [2.24, 2.45) is 5.73 Å². The predicted octanol–water partition coefficient (Wildman–Crippen LogP) is 5.41. The highest BCUT2D eigenvalue weighted by Crippen LogP contribution is 2.32. The second kappa shape index (κ2) is 14.3. The summed E-state index contributed by atoms with van der Waals surface area (Å²) in [5.41, 5.74) is 9.88. The van der Waals surface area contributed by atoms with Crippen LogP contribution >= 0.6 is 37.2 Å². The van der Waals surface area contributed by atoms with Crippen molar-refractivity contribution >= 4 is 54.2 Å². The van der Waals surface area contributed by atoms with Crippen LogP contribution in [0.3, 0.4) is 0 Å². The Morgan fingerprint density at radius 3 is 2.43 bits per heavy atom. The van der Waals surface area contributed by atoms with Crippen LogP contribution in [0.1, 0.15) is 59.5 Å². The van der Waals surface area contributed by atoms with E-state index in [1.54, 1.807) is 12.3 Å². The normalized spacial score (nSPS) is 16.5. The van der Waals surface area contributed by atoms with Gasteiger partial charge in [-0.05, 0) is 74.0 Å². The molecule has 0 saturated carbocycles. The molecule has 10 heteroatoms. The molecule has 1 aromatic carbocycles. The first-order valence-corrected chi connectivity index (χ1v) is 12.6. The van der Waals surface area contributed by atoms with Gasteiger partial charge in [0.1, 0.15) is 11.3 Å². The molecule has 0 spiro atoms. The number of piperidine rings is 2. The Bertz CT molecular complexity index is 1160. The van der Waals surface area contributed by atoms with Crippen molar-refractivity contribution in [3.05, 3.63) is 65.2 Å². The van der Waals surface area contributed by atoms with E-state index in [2.05, 4.69) is 20.5 Å². The quantitative estimate of drug-likeness (QED) is 0.429. The van der Waals surface area contributed by atoms with E-state index in [9.17, 15) is 9.18 Å². The molecular weight excluding hydrogens is 536 g/mol. The highest BCUT2D eigenvalue weighted by Gasteiger charge is 2.28. The topological polar surface area (TPSA) is 67.4 Å². The van der Waals surface area contributed by atoms with E-state index in [4.69, 9.17) is 5.73 Å². The van der Waals surface area contributed by atoms with Crippen LogP contribution in [0.2, 0.25) is 0 Å². The molecule has 4 heterocycles. The second-order valence-electron chi connectivity index (χ2n) is 9.64. The molecule has 37 heavy (non-hydrogen) atoms. The summed E-state index contributed by atoms with van der Waals surface area (Å²) in [5, 5.41) is 0. The summed E-state index contributed by atoms with van der Waals surface area (Å²) < 4.78 is 16.6. The summed E-state index contributed by atoms with van der Waals surface area (Å²) in [5.74, 6) is -0.0439. The Morgan fingerprint density at radius 2 is 1.73 bits per heavy atom. The molecule has 1 amide bonds. The number of benzene rings is 1. The van der Waals surface area contributed by atoms with Crippen molar-refractivity contribution in [3.63, 3.8) is 0 Å². The van der Waals surface area contributed by atoms with Gasteiger partial charge in [0.2, 0.25) is 0 Å². The maximum absolute atomic E-state index is 14.5. The van der Waals surface area contributed by atoms with Crippen LogP contribution in [0.25, 0.3) is 11.0 Å². The highest BCUT2D eigenvalue weighted by molar-refractivity contribution is 6.05. The van der Waals surface area contributed by atoms with Gasteiger partial charge < -0.3 is 20.1 Å². The first-order chi connectivity index (χ1) is 16.6. The fourth-order valence-corrected chi connectivity index (χ4v) is 5.49. The first-order valence-electron chi connectivity index (χ1n) is 12.6. The minimum atomic E-state index is -0.178. The number of rotatable bonds is 6. The number of hydrogen-bond donors (Lipinski definition) is 1. The molecule has 2 fully saturated rings. The number of likely N-dealkylation sites (tertiary alicyclic amines) is 2. The lowest BCUT2D eigenvalue weighted by Crippen LogP contribution is -2.38. The van der Waals surface area contributed by atoms with Crippen LogP contribution in [0.15, 0.2) is 42.7 Å². The minimum absolute atomic E-state index is 0. The zero-order valence-corrected chi connectivity index (χ0v) is 23.4. The number of fused-ring (bicyclic) bond motifs is 1. The van der Waals surface area contributed by atoms with Gasteiger partial charge in [0.15, 0.2) is 0 Å². The third-order valence-electron chi connectivity index (χ3n) is 7.49. The molecule has 2 saturated heterocycles. The molecular formula is C27H37Cl3FN5O. The summed E-state index contributed by atoms with van der Waals surface area (Å²) in [6, 6.07) is 9.13. The lowest BCUT2D eigenvalue weighted by atomic mass is 9.88. The molecule has 0 bridgehead atoms. The largest absolute Gasteiger partial charge is 0.344 e. The third-order valence-corrected chi connectivity index (χ3v) is 7.49. The van der Waals surface area contributed by atoms with E-state index >= 15 is 0 Å². The van der Waals surface area contributed by atoms with E-state index < -0.39 is 0 Å². The zero-order chi connectivity index (χ0) is 23.5. The summed E-state index contributed by atoms with van der Waals surface area (Å²) in [4.78, 5) is 22.5. The number of nitrogens with zero attached hydrogens (tertiary/aromatic N) is 4. The molecule has 2 aromatic heterocycles. The van der Waals surface area contributed by atoms with E-state index in [0.717, 1.165) is 61.2 Å². The predicted molar refractivity (Wildman–Crippen MR) is 154 cm³/mol. The van der Waals surface area contributed by atoms with Crippen molar-refractivity contribution in [2.75, 3.05) is 32.7 Å². The van der Waals surface area contributed by atoms with Crippen LogP contribution in [0.5, 0.6) is 0 Å². The van der Waals surface area contributed by atoms with Gasteiger partial charge >= 0.3 is 0 Å². The highest BCUT2D eigenvalue weighted by atomic mass is 35.5. The number of pyridine rings is 1. The van der Waals surface area contributed by atoms with E-state index in [0.29, 0.717) is 25.2 Å². The standard InChI is InChI=1S/C27H34FN5O.3ClH/c28-24-7-6-20(18-29)17-22(24)21-8-13-32(14-9-21)27(34)23-19-33(25-5-4-10-30-26(23)25)16-15-31-11-2-1-3-12-31;;;/h4-7,10,17,19,21H,1-3,8-9,11-16,18,29H2;3*1H. The molecule has 2 aliphatic rings. The third kappa shape index (κ3) is 6.95. The Balaban J connectivity index is 0.00000160. The number of halogens is 4. The summed E-state index contributed by atoms with van der Waals surface area (Å²) >= 11 is 0. The molecule has 2 N–H and O–H groups in total. The smallest absolute Gasteiger partial charge is 0.257 e. The Kier molecular flexibility index (Phi) is 12.1. The Labute approximate surface area is 237 Å². The Morgan fingerprint density at radius 1 is 1.00 bits per heavy atom. The second-order valence-corrected chi connectivity index (χ2v) is 9.64. The van der Waals surface area contributed by atoms with Crippen molar-refractivity contribution in [1.82, 2.24) is 19.4 Å². The van der Waals surface area contributed by atoms with Crippen LogP contribution in [-0.4, -0.2) is 58.0 Å². The van der Waals surface area contributed by atoms with E-state index in [1.165, 1.54) is 25.3 Å². The first kappa shape index (κ1) is 31.3. The molecule has 0 unspecified atom stereocenters. The molecule has 6 nitrogen and oxygen atoms in total. The number of amides is 1. The number of aromatic nitrogens is 2. The van der Waals surface area contributed by atoms with Crippen molar-refractivity contribution in [1.29, 1.82) is 0 Å². The maximum Gasteiger partial charge on any atom is 0.257 e. The zero-order valence-electron chi connectivity index (χ0n) is 21.0. The molecule has 0 aliphatic carbocycles. The van der Waals surface area contributed by atoms with Gasteiger partial charge in [-0.15, -0.1) is 37.2 Å². The number of carbonyl (C=O) groups excluding carboxylic acids is 1. The van der Waals surface area contributed by atoms with Crippen LogP contribution in [0, 0.1) is 5.82 Å². The molecule has 0 radical (unpaired) electrons. The number of nitrogens with two attached hydrogens (primary N) is 1. The van der Waals surface area contributed by atoms with Crippen molar-refractivity contribution in [2.45, 2.75) is 51.1 Å². The van der Waals surface area contributed by atoms with Gasteiger partial charge in [-0.3, -0.25) is 9.78 Å². The van der Waals surface area contributed by atoms with Gasteiger partial charge in [-0.2, -0.15) is 0 Å². The van der Waals surface area contributed by atoms with Crippen LogP contribution in [0.4, 0.5) is 4.39 Å². The summed E-state index contributed by atoms with van der Waals surface area (Å²) in [6.07, 6.45) is 9.11. The van der Waals surface area contributed by atoms with Crippen LogP contribution < -0.4 is 5.73 Å². The summed E-state index contributed by atoms with van der Waals surface area (Å²) in [7, 11) is 0.